The number of rotatable bonds is 6. The van der Waals surface area contributed by atoms with Crippen molar-refractivity contribution < 1.29 is 34.8 Å². The molecule has 0 aliphatic heterocycles. The van der Waals surface area contributed by atoms with Gasteiger partial charge in [0.1, 0.15) is 22.8 Å². The van der Waals surface area contributed by atoms with Crippen LogP contribution in [-0.2, 0) is 29.0 Å². The number of amides is 1. The maximum atomic E-state index is 14.1. The van der Waals surface area contributed by atoms with Crippen LogP contribution >= 0.6 is 0 Å². The van der Waals surface area contributed by atoms with Gasteiger partial charge >= 0.3 is 0 Å². The van der Waals surface area contributed by atoms with Gasteiger partial charge in [-0.05, 0) is 53.4 Å². The SMILES string of the molecule is CN(C)c1cc(NCc2ccccc2CC(C)(C)C)c(O)c2c1C[C@H]1C[C@H]3CC(O)=C(C(N)=O)C(=O)[C@@]3(O)C(O)=C1C2=O. The summed E-state index contributed by atoms with van der Waals surface area (Å²) in [5, 5.41) is 48.0. The van der Waals surface area contributed by atoms with Gasteiger partial charge in [-0.15, -0.1) is 0 Å². The predicted octanol–water partition coefficient (Wildman–Crippen LogP) is 3.85. The zero-order valence-corrected chi connectivity index (χ0v) is 25.1. The van der Waals surface area contributed by atoms with Crippen molar-refractivity contribution in [2.45, 2.75) is 58.6 Å². The van der Waals surface area contributed by atoms with Gasteiger partial charge in [0.2, 0.25) is 5.78 Å². The van der Waals surface area contributed by atoms with Gasteiger partial charge in [0, 0.05) is 44.2 Å². The fourth-order valence-corrected chi connectivity index (χ4v) is 6.87. The summed E-state index contributed by atoms with van der Waals surface area (Å²) < 4.78 is 0. The molecule has 5 rings (SSSR count). The van der Waals surface area contributed by atoms with E-state index in [2.05, 4.69) is 32.2 Å². The first-order valence-electron chi connectivity index (χ1n) is 14.4. The Hall–Kier alpha value is -4.31. The fraction of sp³-hybridized carbons (Fsp3) is 0.424. The molecule has 10 heteroatoms. The number of Topliss-reactive ketones (excluding diaryl/α,β-unsaturated/α-hetero) is 2. The van der Waals surface area contributed by atoms with Crippen LogP contribution in [0.4, 0.5) is 11.4 Å². The first kappa shape index (κ1) is 30.2. The van der Waals surface area contributed by atoms with Crippen LogP contribution in [0.25, 0.3) is 0 Å². The zero-order valence-electron chi connectivity index (χ0n) is 25.1. The number of phenolic OH excluding ortho intramolecular Hbond substituents is 1. The minimum Gasteiger partial charge on any atom is -0.511 e. The second-order valence-corrected chi connectivity index (χ2v) is 13.3. The second kappa shape index (κ2) is 10.4. The maximum absolute atomic E-state index is 14.1. The largest absolute Gasteiger partial charge is 0.511 e. The summed E-state index contributed by atoms with van der Waals surface area (Å²) in [4.78, 5) is 41.1. The van der Waals surface area contributed by atoms with E-state index >= 15 is 0 Å². The molecule has 228 valence electrons. The molecular formula is C33H39N3O7. The third-order valence-corrected chi connectivity index (χ3v) is 8.83. The van der Waals surface area contributed by atoms with Crippen molar-refractivity contribution in [3.63, 3.8) is 0 Å². The number of nitrogens with one attached hydrogen (secondary N) is 1. The Kier molecular flexibility index (Phi) is 7.33. The van der Waals surface area contributed by atoms with Crippen molar-refractivity contribution in [3.05, 3.63) is 75.3 Å². The quantitative estimate of drug-likeness (QED) is 0.216. The lowest BCUT2D eigenvalue weighted by atomic mass is 9.60. The summed E-state index contributed by atoms with van der Waals surface area (Å²) in [6.07, 6.45) is 0.913. The van der Waals surface area contributed by atoms with Gasteiger partial charge in [0.25, 0.3) is 5.91 Å². The Balaban J connectivity index is 1.58. The van der Waals surface area contributed by atoms with Crippen LogP contribution in [0, 0.1) is 17.3 Å². The number of phenols is 1. The third kappa shape index (κ3) is 4.93. The Morgan fingerprint density at radius 3 is 2.35 bits per heavy atom. The van der Waals surface area contributed by atoms with Crippen molar-refractivity contribution in [1.29, 1.82) is 0 Å². The van der Waals surface area contributed by atoms with Gasteiger partial charge in [0.05, 0.1) is 11.3 Å². The molecule has 0 aromatic heterocycles. The van der Waals surface area contributed by atoms with E-state index in [4.69, 9.17) is 5.73 Å². The van der Waals surface area contributed by atoms with Crippen LogP contribution in [0.1, 0.15) is 60.7 Å². The van der Waals surface area contributed by atoms with Crippen LogP contribution in [0.5, 0.6) is 5.75 Å². The number of aliphatic hydroxyl groups excluding tert-OH is 2. The van der Waals surface area contributed by atoms with Gasteiger partial charge in [0.15, 0.2) is 11.4 Å². The summed E-state index contributed by atoms with van der Waals surface area (Å²) in [7, 11) is 3.66. The highest BCUT2D eigenvalue weighted by Crippen LogP contribution is 2.53. The molecule has 0 radical (unpaired) electrons. The molecule has 0 spiro atoms. The van der Waals surface area contributed by atoms with Crippen LogP contribution < -0.4 is 16.0 Å². The molecule has 2 aromatic carbocycles. The highest BCUT2D eigenvalue weighted by Gasteiger charge is 2.59. The molecule has 3 aliphatic rings. The first-order valence-corrected chi connectivity index (χ1v) is 14.4. The normalized spacial score (nSPS) is 23.5. The molecule has 0 fully saturated rings. The van der Waals surface area contributed by atoms with Crippen molar-refractivity contribution in [1.82, 2.24) is 0 Å². The number of nitrogens with zero attached hydrogens (tertiary/aromatic N) is 1. The van der Waals surface area contributed by atoms with E-state index in [0.29, 0.717) is 23.5 Å². The first-order chi connectivity index (χ1) is 20.1. The van der Waals surface area contributed by atoms with E-state index in [0.717, 1.165) is 12.0 Å². The number of aliphatic hydroxyl groups is 3. The predicted molar refractivity (Wildman–Crippen MR) is 162 cm³/mol. The number of carbonyl (C=O) groups excluding carboxylic acids is 3. The standard InChI is InChI=1S/C33H39N3O7/c1-32(2,3)14-16-8-6-7-9-17(16)15-35-21-13-22(36(4)5)20-11-18-10-19-12-23(37)26(31(34)42)30(41)33(19,43)29(40)24(18)28(39)25(20)27(21)38/h6-9,13,18-19,35,37-38,40,43H,10-12,14-15H2,1-5H3,(H2,34,42)/t18-,19+,33+/m1/s1. The third-order valence-electron chi connectivity index (χ3n) is 8.83. The number of nitrogens with two attached hydrogens (primary N) is 1. The molecule has 0 saturated heterocycles. The topological polar surface area (TPSA) is 173 Å². The Morgan fingerprint density at radius 1 is 1.09 bits per heavy atom. The molecule has 0 saturated carbocycles. The van der Waals surface area contributed by atoms with E-state index in [-0.39, 0.29) is 41.6 Å². The lowest BCUT2D eigenvalue weighted by molar-refractivity contribution is -0.144. The molecule has 1 amide bonds. The number of hydrogen-bond donors (Lipinski definition) is 6. The van der Waals surface area contributed by atoms with Crippen LogP contribution in [0.15, 0.2) is 53.0 Å². The Bertz CT molecular complexity index is 1610. The molecule has 3 aliphatic carbocycles. The maximum Gasteiger partial charge on any atom is 0.255 e. The number of anilines is 2. The van der Waals surface area contributed by atoms with E-state index in [1.165, 1.54) is 5.56 Å². The van der Waals surface area contributed by atoms with Gasteiger partial charge in [-0.2, -0.15) is 0 Å². The van der Waals surface area contributed by atoms with Crippen LogP contribution in [-0.4, -0.2) is 57.6 Å². The number of fused-ring (bicyclic) bond motifs is 3. The number of ketones is 2. The lowest BCUT2D eigenvalue weighted by Gasteiger charge is -2.46. The van der Waals surface area contributed by atoms with Gasteiger partial charge in [-0.25, -0.2) is 0 Å². The minimum absolute atomic E-state index is 0.0201. The average molecular weight is 590 g/mol. The zero-order chi connectivity index (χ0) is 31.6. The second-order valence-electron chi connectivity index (χ2n) is 13.3. The summed E-state index contributed by atoms with van der Waals surface area (Å²) in [5.41, 5.74) is 5.59. The number of primary amides is 1. The number of allylic oxidation sites excluding steroid dienone is 2. The summed E-state index contributed by atoms with van der Waals surface area (Å²) in [6.45, 7) is 6.88. The molecular weight excluding hydrogens is 550 g/mol. The minimum atomic E-state index is -2.60. The number of benzene rings is 2. The molecule has 2 aromatic rings. The number of carbonyl (C=O) groups is 3. The van der Waals surface area contributed by atoms with Crippen LogP contribution in [0.3, 0.4) is 0 Å². The molecule has 0 bridgehead atoms. The summed E-state index contributed by atoms with van der Waals surface area (Å²) in [5.74, 6) is -6.45. The van der Waals surface area contributed by atoms with Crippen molar-refractivity contribution >= 4 is 28.8 Å². The van der Waals surface area contributed by atoms with Crippen molar-refractivity contribution in [2.24, 2.45) is 23.0 Å². The Labute approximate surface area is 250 Å². The highest BCUT2D eigenvalue weighted by molar-refractivity contribution is 6.24. The lowest BCUT2D eigenvalue weighted by Crippen LogP contribution is -2.57. The van der Waals surface area contributed by atoms with Gasteiger partial charge in [-0.3, -0.25) is 14.4 Å². The molecule has 7 N–H and O–H groups in total. The van der Waals surface area contributed by atoms with Crippen molar-refractivity contribution in [3.8, 4) is 5.75 Å². The summed E-state index contributed by atoms with van der Waals surface area (Å²) >= 11 is 0. The van der Waals surface area contributed by atoms with Gasteiger partial charge < -0.3 is 36.4 Å². The molecule has 10 nitrogen and oxygen atoms in total. The van der Waals surface area contributed by atoms with Crippen molar-refractivity contribution in [2.75, 3.05) is 24.3 Å². The van der Waals surface area contributed by atoms with Gasteiger partial charge in [-0.1, -0.05) is 45.0 Å². The molecule has 43 heavy (non-hydrogen) atoms. The monoisotopic (exact) mass is 589 g/mol. The Morgan fingerprint density at radius 2 is 1.74 bits per heavy atom. The smallest absolute Gasteiger partial charge is 0.255 e. The average Bonchev–Trinajstić information content (AvgIpc) is 2.89. The number of aromatic hydroxyl groups is 1. The molecule has 0 unspecified atom stereocenters. The molecule has 3 atom stereocenters. The highest BCUT2D eigenvalue weighted by atomic mass is 16.3. The van der Waals surface area contributed by atoms with E-state index < -0.39 is 52.0 Å². The van der Waals surface area contributed by atoms with E-state index in [1.54, 1.807) is 6.07 Å². The fourth-order valence-electron chi connectivity index (χ4n) is 6.87. The summed E-state index contributed by atoms with van der Waals surface area (Å²) in [6, 6.07) is 9.82. The van der Waals surface area contributed by atoms with E-state index in [9.17, 15) is 34.8 Å². The van der Waals surface area contributed by atoms with Crippen LogP contribution in [0.2, 0.25) is 0 Å². The number of hydrogen-bond acceptors (Lipinski definition) is 9. The molecule has 0 heterocycles. The van der Waals surface area contributed by atoms with E-state index in [1.807, 2.05) is 37.2 Å².